The summed E-state index contributed by atoms with van der Waals surface area (Å²) in [6, 6.07) is 0. The fourth-order valence-electron chi connectivity index (χ4n) is 1.28. The summed E-state index contributed by atoms with van der Waals surface area (Å²) in [4.78, 5) is 4.15. The molecule has 1 aromatic heterocycles. The van der Waals surface area contributed by atoms with E-state index in [0.717, 1.165) is 38.3 Å². The maximum atomic E-state index is 5.15. The molecule has 0 spiro atoms. The van der Waals surface area contributed by atoms with Crippen molar-refractivity contribution in [2.75, 3.05) is 13.1 Å². The molecule has 0 saturated heterocycles. The van der Waals surface area contributed by atoms with E-state index in [-0.39, 0.29) is 0 Å². The molecule has 0 aliphatic heterocycles. The summed E-state index contributed by atoms with van der Waals surface area (Å²) in [5.74, 6) is 3.69. The van der Waals surface area contributed by atoms with Gasteiger partial charge in [0, 0.05) is 31.9 Å². The van der Waals surface area contributed by atoms with Gasteiger partial charge in [0.05, 0.1) is 0 Å². The van der Waals surface area contributed by atoms with Gasteiger partial charge in [-0.25, -0.2) is 4.98 Å². The van der Waals surface area contributed by atoms with Crippen molar-refractivity contribution in [1.82, 2.24) is 14.9 Å². The Kier molecular flexibility index (Phi) is 4.81. The van der Waals surface area contributed by atoms with Crippen LogP contribution >= 0.6 is 0 Å². The lowest BCUT2D eigenvalue weighted by molar-refractivity contribution is 0.578. The molecule has 0 fully saturated rings. The van der Waals surface area contributed by atoms with E-state index < -0.39 is 0 Å². The first-order valence-corrected chi connectivity index (χ1v) is 4.96. The predicted molar refractivity (Wildman–Crippen MR) is 57.9 cm³/mol. The van der Waals surface area contributed by atoms with Crippen LogP contribution in [0.3, 0.4) is 0 Å². The van der Waals surface area contributed by atoms with Crippen LogP contribution in [0.25, 0.3) is 0 Å². The minimum absolute atomic E-state index is 0.858. The summed E-state index contributed by atoms with van der Waals surface area (Å²) in [7, 11) is 0. The highest BCUT2D eigenvalue weighted by Gasteiger charge is 1.94. The zero-order valence-electron chi connectivity index (χ0n) is 8.66. The van der Waals surface area contributed by atoms with E-state index in [4.69, 9.17) is 6.42 Å². The number of terminal acetylenes is 1. The standard InChI is InChI=1S/C11H17N3/c1-3-4-5-6-12-7-9-14-10-8-13-11(14)2/h1,8,10,12H,4-7,9H2,2H3. The van der Waals surface area contributed by atoms with Crippen molar-refractivity contribution in [1.29, 1.82) is 0 Å². The van der Waals surface area contributed by atoms with Gasteiger partial charge in [-0.15, -0.1) is 12.3 Å². The normalized spacial score (nSPS) is 10.0. The van der Waals surface area contributed by atoms with Crippen LogP contribution in [0.4, 0.5) is 0 Å². The fraction of sp³-hybridized carbons (Fsp3) is 0.545. The van der Waals surface area contributed by atoms with Gasteiger partial charge >= 0.3 is 0 Å². The SMILES string of the molecule is C#CCCCNCCn1ccnc1C. The molecule has 0 aliphatic carbocycles. The number of hydrogen-bond acceptors (Lipinski definition) is 2. The molecule has 3 heteroatoms. The smallest absolute Gasteiger partial charge is 0.105 e. The Labute approximate surface area is 85.5 Å². The third kappa shape index (κ3) is 3.63. The number of hydrogen-bond donors (Lipinski definition) is 1. The molecule has 3 nitrogen and oxygen atoms in total. The molecule has 0 unspecified atom stereocenters. The van der Waals surface area contributed by atoms with E-state index >= 15 is 0 Å². The van der Waals surface area contributed by atoms with Crippen LogP contribution in [-0.4, -0.2) is 22.6 Å². The molecule has 1 aromatic rings. The Balaban J connectivity index is 2.05. The monoisotopic (exact) mass is 191 g/mol. The zero-order chi connectivity index (χ0) is 10.2. The molecule has 14 heavy (non-hydrogen) atoms. The Hall–Kier alpha value is -1.27. The average molecular weight is 191 g/mol. The minimum Gasteiger partial charge on any atom is -0.334 e. The van der Waals surface area contributed by atoms with Gasteiger partial charge in [0.15, 0.2) is 0 Å². The molecule has 0 saturated carbocycles. The van der Waals surface area contributed by atoms with Gasteiger partial charge in [0.25, 0.3) is 0 Å². The third-order valence-corrected chi connectivity index (χ3v) is 2.13. The lowest BCUT2D eigenvalue weighted by Crippen LogP contribution is -2.21. The second-order valence-electron chi connectivity index (χ2n) is 3.23. The molecule has 0 radical (unpaired) electrons. The molecule has 0 bridgehead atoms. The van der Waals surface area contributed by atoms with Crippen LogP contribution in [0.5, 0.6) is 0 Å². The van der Waals surface area contributed by atoms with Crippen LogP contribution in [0.2, 0.25) is 0 Å². The van der Waals surface area contributed by atoms with Crippen molar-refractivity contribution >= 4 is 0 Å². The molecule has 76 valence electrons. The van der Waals surface area contributed by atoms with Gasteiger partial charge in [-0.05, 0) is 19.9 Å². The van der Waals surface area contributed by atoms with Crippen LogP contribution in [0.1, 0.15) is 18.7 Å². The summed E-state index contributed by atoms with van der Waals surface area (Å²) in [5.41, 5.74) is 0. The number of rotatable bonds is 6. The first kappa shape index (κ1) is 10.8. The van der Waals surface area contributed by atoms with Crippen molar-refractivity contribution in [2.24, 2.45) is 0 Å². The van der Waals surface area contributed by atoms with Gasteiger partial charge in [0.1, 0.15) is 5.82 Å². The summed E-state index contributed by atoms with van der Waals surface area (Å²) >= 11 is 0. The molecule has 0 aromatic carbocycles. The quantitative estimate of drug-likeness (QED) is 0.541. The average Bonchev–Trinajstić information content (AvgIpc) is 2.58. The second kappa shape index (κ2) is 6.22. The van der Waals surface area contributed by atoms with Crippen LogP contribution in [0, 0.1) is 19.3 Å². The Morgan fingerprint density at radius 2 is 2.43 bits per heavy atom. The summed E-state index contributed by atoms with van der Waals surface area (Å²) in [6.45, 7) is 4.96. The molecule has 0 amide bonds. The lowest BCUT2D eigenvalue weighted by atomic mass is 10.3. The molecule has 1 rings (SSSR count). The highest BCUT2D eigenvalue weighted by molar-refractivity contribution is 4.88. The van der Waals surface area contributed by atoms with Crippen molar-refractivity contribution < 1.29 is 0 Å². The van der Waals surface area contributed by atoms with E-state index in [9.17, 15) is 0 Å². The Morgan fingerprint density at radius 1 is 1.57 bits per heavy atom. The van der Waals surface area contributed by atoms with Gasteiger partial charge in [0.2, 0.25) is 0 Å². The molecule has 1 heterocycles. The Morgan fingerprint density at radius 3 is 3.07 bits per heavy atom. The van der Waals surface area contributed by atoms with Crippen molar-refractivity contribution in [3.8, 4) is 12.3 Å². The Bertz CT molecular complexity index is 296. The van der Waals surface area contributed by atoms with E-state index in [0.29, 0.717) is 0 Å². The number of imidazole rings is 1. The molecular formula is C11H17N3. The molecular weight excluding hydrogens is 174 g/mol. The number of nitrogens with one attached hydrogen (secondary N) is 1. The molecule has 0 atom stereocenters. The lowest BCUT2D eigenvalue weighted by Gasteiger charge is -2.05. The van der Waals surface area contributed by atoms with Gasteiger partial charge < -0.3 is 9.88 Å². The van der Waals surface area contributed by atoms with Crippen molar-refractivity contribution in [2.45, 2.75) is 26.3 Å². The van der Waals surface area contributed by atoms with Crippen LogP contribution in [-0.2, 0) is 6.54 Å². The fourth-order valence-corrected chi connectivity index (χ4v) is 1.28. The maximum absolute atomic E-state index is 5.15. The summed E-state index contributed by atoms with van der Waals surface area (Å²) in [5, 5.41) is 3.34. The third-order valence-electron chi connectivity index (χ3n) is 2.13. The maximum Gasteiger partial charge on any atom is 0.105 e. The van der Waals surface area contributed by atoms with Gasteiger partial charge in [-0.1, -0.05) is 0 Å². The number of aryl methyl sites for hydroxylation is 1. The van der Waals surface area contributed by atoms with Crippen molar-refractivity contribution in [3.05, 3.63) is 18.2 Å². The second-order valence-corrected chi connectivity index (χ2v) is 3.23. The van der Waals surface area contributed by atoms with Gasteiger partial charge in [-0.2, -0.15) is 0 Å². The molecule has 0 aliphatic rings. The predicted octanol–water partition coefficient (Wildman–Crippen LogP) is 1.19. The summed E-state index contributed by atoms with van der Waals surface area (Å²) < 4.78 is 2.13. The minimum atomic E-state index is 0.858. The molecule has 1 N–H and O–H groups in total. The highest BCUT2D eigenvalue weighted by atomic mass is 15.1. The van der Waals surface area contributed by atoms with Crippen LogP contribution < -0.4 is 5.32 Å². The van der Waals surface area contributed by atoms with Gasteiger partial charge in [-0.3, -0.25) is 0 Å². The van der Waals surface area contributed by atoms with E-state index in [1.54, 1.807) is 0 Å². The summed E-state index contributed by atoms with van der Waals surface area (Å²) in [6.07, 6.45) is 10.9. The van der Waals surface area contributed by atoms with E-state index in [1.165, 1.54) is 0 Å². The number of nitrogens with zero attached hydrogens (tertiary/aromatic N) is 2. The first-order chi connectivity index (χ1) is 6.84. The topological polar surface area (TPSA) is 29.9 Å². The zero-order valence-corrected chi connectivity index (χ0v) is 8.66. The largest absolute Gasteiger partial charge is 0.334 e. The first-order valence-electron chi connectivity index (χ1n) is 4.96. The number of unbranched alkanes of at least 4 members (excludes halogenated alkanes) is 1. The van der Waals surface area contributed by atoms with E-state index in [2.05, 4.69) is 20.8 Å². The van der Waals surface area contributed by atoms with Crippen LogP contribution in [0.15, 0.2) is 12.4 Å². The van der Waals surface area contributed by atoms with Crippen molar-refractivity contribution in [3.63, 3.8) is 0 Å². The highest BCUT2D eigenvalue weighted by Crippen LogP contribution is 1.93. The number of aromatic nitrogens is 2. The van der Waals surface area contributed by atoms with E-state index in [1.807, 2.05) is 19.3 Å².